The molecular weight excluding hydrogens is 190 g/mol. The largest absolute Gasteiger partial charge is 0.376 e. The molecular formula is C11H19N3O. The summed E-state index contributed by atoms with van der Waals surface area (Å²) in [5.74, 6) is 3.02. The van der Waals surface area contributed by atoms with Gasteiger partial charge in [0.15, 0.2) is 5.96 Å². The topological polar surface area (TPSA) is 59.6 Å². The molecule has 0 radical (unpaired) electrons. The van der Waals surface area contributed by atoms with Crippen LogP contribution >= 0.6 is 0 Å². The molecule has 0 aromatic heterocycles. The molecule has 0 spiro atoms. The van der Waals surface area contributed by atoms with E-state index < -0.39 is 0 Å². The van der Waals surface area contributed by atoms with Crippen molar-refractivity contribution in [3.8, 4) is 12.3 Å². The second kappa shape index (κ2) is 6.31. The maximum Gasteiger partial charge on any atom is 0.189 e. The zero-order valence-electron chi connectivity index (χ0n) is 9.20. The number of aliphatic imine (C=N–C) groups is 1. The molecule has 0 saturated carbocycles. The van der Waals surface area contributed by atoms with E-state index in [9.17, 15) is 0 Å². The van der Waals surface area contributed by atoms with E-state index in [1.807, 2.05) is 6.92 Å². The lowest BCUT2D eigenvalue weighted by Crippen LogP contribution is -2.39. The van der Waals surface area contributed by atoms with E-state index >= 15 is 0 Å². The molecule has 1 saturated heterocycles. The number of terminal acetylenes is 1. The molecule has 1 rings (SSSR count). The lowest BCUT2D eigenvalue weighted by atomic mass is 10.2. The van der Waals surface area contributed by atoms with Gasteiger partial charge in [0.1, 0.15) is 0 Å². The Balaban J connectivity index is 2.28. The molecule has 0 aliphatic carbocycles. The van der Waals surface area contributed by atoms with Crippen LogP contribution in [0.25, 0.3) is 0 Å². The summed E-state index contributed by atoms with van der Waals surface area (Å²) in [4.78, 5) is 4.20. The molecule has 0 bridgehead atoms. The zero-order chi connectivity index (χ0) is 11.1. The molecule has 1 fully saturated rings. The Morgan fingerprint density at radius 1 is 1.80 bits per heavy atom. The third kappa shape index (κ3) is 4.22. The Bertz CT molecular complexity index is 251. The minimum atomic E-state index is -0.0294. The number of guanidine groups is 1. The van der Waals surface area contributed by atoms with Crippen molar-refractivity contribution in [1.29, 1.82) is 0 Å². The standard InChI is InChI=1S/C11H19N3O/c1-3-9(4-2)14-11(12)13-8-10-6-5-7-15-10/h1,9-10H,4-8H2,2H3,(H3,12,13,14). The average Bonchev–Trinajstić information content (AvgIpc) is 2.75. The first-order chi connectivity index (χ1) is 7.26. The second-order valence-corrected chi connectivity index (χ2v) is 3.63. The highest BCUT2D eigenvalue weighted by atomic mass is 16.5. The first-order valence-electron chi connectivity index (χ1n) is 5.40. The zero-order valence-corrected chi connectivity index (χ0v) is 9.20. The summed E-state index contributed by atoms with van der Waals surface area (Å²) < 4.78 is 5.43. The summed E-state index contributed by atoms with van der Waals surface area (Å²) in [5.41, 5.74) is 5.69. The number of rotatable bonds is 4. The van der Waals surface area contributed by atoms with Gasteiger partial charge in [0.25, 0.3) is 0 Å². The van der Waals surface area contributed by atoms with Crippen molar-refractivity contribution in [2.75, 3.05) is 13.2 Å². The second-order valence-electron chi connectivity index (χ2n) is 3.63. The van der Waals surface area contributed by atoms with E-state index in [-0.39, 0.29) is 12.1 Å². The SMILES string of the molecule is C#CC(CC)NC(N)=NCC1CCCO1. The summed E-state index contributed by atoms with van der Waals surface area (Å²) in [7, 11) is 0. The van der Waals surface area contributed by atoms with E-state index in [0.29, 0.717) is 12.5 Å². The molecule has 0 aromatic carbocycles. The van der Waals surface area contributed by atoms with Gasteiger partial charge in [0.05, 0.1) is 18.7 Å². The van der Waals surface area contributed by atoms with Crippen molar-refractivity contribution < 1.29 is 4.74 Å². The lowest BCUT2D eigenvalue weighted by Gasteiger charge is -2.12. The molecule has 3 N–H and O–H groups in total. The van der Waals surface area contributed by atoms with E-state index in [4.69, 9.17) is 16.9 Å². The van der Waals surface area contributed by atoms with Crippen LogP contribution in [0.15, 0.2) is 4.99 Å². The Morgan fingerprint density at radius 2 is 2.60 bits per heavy atom. The monoisotopic (exact) mass is 209 g/mol. The van der Waals surface area contributed by atoms with Crippen molar-refractivity contribution in [1.82, 2.24) is 5.32 Å². The summed E-state index contributed by atoms with van der Waals surface area (Å²) in [6, 6.07) is -0.0294. The van der Waals surface area contributed by atoms with Gasteiger partial charge < -0.3 is 15.8 Å². The van der Waals surface area contributed by atoms with Crippen LogP contribution in [0.4, 0.5) is 0 Å². The summed E-state index contributed by atoms with van der Waals surface area (Å²) >= 11 is 0. The number of nitrogens with zero attached hydrogens (tertiary/aromatic N) is 1. The highest BCUT2D eigenvalue weighted by molar-refractivity contribution is 5.78. The molecule has 1 aliphatic heterocycles. The molecule has 4 nitrogen and oxygen atoms in total. The Kier molecular flexibility index (Phi) is 4.99. The van der Waals surface area contributed by atoms with Gasteiger partial charge in [-0.25, -0.2) is 0 Å². The number of hydrogen-bond acceptors (Lipinski definition) is 2. The van der Waals surface area contributed by atoms with Crippen LogP contribution in [0.3, 0.4) is 0 Å². The maximum absolute atomic E-state index is 5.69. The third-order valence-corrected chi connectivity index (χ3v) is 2.42. The summed E-state index contributed by atoms with van der Waals surface area (Å²) in [6.07, 6.45) is 8.57. The predicted molar refractivity (Wildman–Crippen MR) is 61.5 cm³/mol. The molecule has 1 aliphatic rings. The van der Waals surface area contributed by atoms with Gasteiger partial charge in [-0.05, 0) is 19.3 Å². The number of nitrogens with one attached hydrogen (secondary N) is 1. The van der Waals surface area contributed by atoms with Crippen LogP contribution in [0.5, 0.6) is 0 Å². The fourth-order valence-corrected chi connectivity index (χ4v) is 1.47. The highest BCUT2D eigenvalue weighted by Crippen LogP contribution is 2.11. The predicted octanol–water partition coefficient (Wildman–Crippen LogP) is 0.481. The van der Waals surface area contributed by atoms with Gasteiger partial charge in [0, 0.05) is 6.61 Å². The smallest absolute Gasteiger partial charge is 0.189 e. The van der Waals surface area contributed by atoms with Crippen molar-refractivity contribution in [2.45, 2.75) is 38.3 Å². The fraction of sp³-hybridized carbons (Fsp3) is 0.727. The fourth-order valence-electron chi connectivity index (χ4n) is 1.47. The third-order valence-electron chi connectivity index (χ3n) is 2.42. The van der Waals surface area contributed by atoms with Crippen LogP contribution in [-0.4, -0.2) is 31.3 Å². The highest BCUT2D eigenvalue weighted by Gasteiger charge is 2.14. The molecule has 2 atom stereocenters. The molecule has 0 amide bonds. The van der Waals surface area contributed by atoms with Gasteiger partial charge >= 0.3 is 0 Å². The summed E-state index contributed by atoms with van der Waals surface area (Å²) in [6.45, 7) is 3.47. The Morgan fingerprint density at radius 3 is 3.13 bits per heavy atom. The summed E-state index contributed by atoms with van der Waals surface area (Å²) in [5, 5.41) is 2.98. The Labute approximate surface area is 91.3 Å². The van der Waals surface area contributed by atoms with Crippen molar-refractivity contribution >= 4 is 5.96 Å². The van der Waals surface area contributed by atoms with Gasteiger partial charge in [-0.2, -0.15) is 0 Å². The van der Waals surface area contributed by atoms with Gasteiger partial charge in [-0.1, -0.05) is 12.8 Å². The van der Waals surface area contributed by atoms with Crippen LogP contribution in [-0.2, 0) is 4.74 Å². The molecule has 2 unspecified atom stereocenters. The van der Waals surface area contributed by atoms with Crippen LogP contribution in [0, 0.1) is 12.3 Å². The van der Waals surface area contributed by atoms with Crippen LogP contribution in [0.2, 0.25) is 0 Å². The van der Waals surface area contributed by atoms with E-state index in [0.717, 1.165) is 25.9 Å². The van der Waals surface area contributed by atoms with Crippen molar-refractivity contribution in [2.24, 2.45) is 10.7 Å². The molecule has 0 aromatic rings. The van der Waals surface area contributed by atoms with Gasteiger partial charge in [-0.3, -0.25) is 4.99 Å². The minimum Gasteiger partial charge on any atom is -0.376 e. The van der Waals surface area contributed by atoms with Crippen LogP contribution < -0.4 is 11.1 Å². The number of hydrogen-bond donors (Lipinski definition) is 2. The number of nitrogens with two attached hydrogens (primary N) is 1. The maximum atomic E-state index is 5.69. The van der Waals surface area contributed by atoms with Gasteiger partial charge in [-0.15, -0.1) is 6.42 Å². The van der Waals surface area contributed by atoms with E-state index in [1.54, 1.807) is 0 Å². The molecule has 84 valence electrons. The first-order valence-corrected chi connectivity index (χ1v) is 5.40. The normalized spacial score (nSPS) is 23.5. The van der Waals surface area contributed by atoms with Crippen molar-refractivity contribution in [3.05, 3.63) is 0 Å². The quantitative estimate of drug-likeness (QED) is 0.402. The molecule has 1 heterocycles. The lowest BCUT2D eigenvalue weighted by molar-refractivity contribution is 0.117. The average molecular weight is 209 g/mol. The molecule has 4 heteroatoms. The molecule has 15 heavy (non-hydrogen) atoms. The Hall–Kier alpha value is -1.21. The van der Waals surface area contributed by atoms with E-state index in [1.165, 1.54) is 0 Å². The minimum absolute atomic E-state index is 0.0294. The first kappa shape index (κ1) is 11.9. The van der Waals surface area contributed by atoms with E-state index in [2.05, 4.69) is 16.2 Å². The van der Waals surface area contributed by atoms with Crippen molar-refractivity contribution in [3.63, 3.8) is 0 Å². The van der Waals surface area contributed by atoms with Gasteiger partial charge in [0.2, 0.25) is 0 Å². The van der Waals surface area contributed by atoms with Crippen LogP contribution in [0.1, 0.15) is 26.2 Å². The number of ether oxygens (including phenoxy) is 1.